The molecule has 280 valence electrons. The molecule has 8 bridgehead atoms. The normalized spacial score (nSPS) is 36.2. The number of piperidine rings is 4. The van der Waals surface area contributed by atoms with Crippen molar-refractivity contribution >= 4 is 0 Å². The molecule has 5 aliphatic heterocycles. The number of nitrogens with one attached hydrogen (secondary N) is 8. The molecule has 8 heteroatoms. The molecule has 0 amide bonds. The van der Waals surface area contributed by atoms with Gasteiger partial charge in [0.05, 0.1) is 32.6 Å². The van der Waals surface area contributed by atoms with Crippen LogP contribution in [0.1, 0.15) is 136 Å². The van der Waals surface area contributed by atoms with Crippen LogP contribution in [0.25, 0.3) is 0 Å². The molecule has 5 aliphatic rings. The van der Waals surface area contributed by atoms with Crippen LogP contribution in [0.15, 0.2) is 48.3 Å². The lowest BCUT2D eigenvalue weighted by Crippen LogP contribution is -2.44. The van der Waals surface area contributed by atoms with E-state index in [9.17, 15) is 16.6 Å². The Morgan fingerprint density at radius 2 is 0.519 bits per heavy atom. The topological polar surface area (TPSA) is 111 Å². The summed E-state index contributed by atoms with van der Waals surface area (Å²) in [5.74, 6) is -1.40. The van der Waals surface area contributed by atoms with E-state index in [1.54, 1.807) is 0 Å². The first-order chi connectivity index (χ1) is 30.3. The van der Waals surface area contributed by atoms with Crippen molar-refractivity contribution in [3.05, 3.63) is 93.9 Å². The van der Waals surface area contributed by atoms with Gasteiger partial charge in [-0.2, -0.15) is 0 Å². The van der Waals surface area contributed by atoms with Gasteiger partial charge in [-0.3, -0.25) is 0 Å². The molecule has 0 radical (unpaired) electrons. The third-order valence-corrected chi connectivity index (χ3v) is 14.6. The fourth-order valence-corrected chi connectivity index (χ4v) is 10.7. The molecule has 9 heterocycles. The minimum absolute atomic E-state index is 0.0996. The first kappa shape index (κ1) is 23.7. The van der Waals surface area contributed by atoms with Crippen LogP contribution in [0.4, 0.5) is 0 Å². The predicted octanol–water partition coefficient (Wildman–Crippen LogP) is 6.53. The second-order valence-corrected chi connectivity index (χ2v) is 17.1. The molecule has 0 unspecified atom stereocenters. The van der Waals surface area contributed by atoms with Crippen molar-refractivity contribution in [2.24, 2.45) is 23.7 Å². The highest BCUT2D eigenvalue weighted by Gasteiger charge is 2.49. The highest BCUT2D eigenvalue weighted by atomic mass is 14.9. The highest BCUT2D eigenvalue weighted by molar-refractivity contribution is 5.46. The van der Waals surface area contributed by atoms with E-state index < -0.39 is 21.7 Å². The van der Waals surface area contributed by atoms with Crippen LogP contribution in [-0.2, 0) is 21.7 Å². The first-order valence-electron chi connectivity index (χ1n) is 25.8. The Labute approximate surface area is 328 Å². The van der Waals surface area contributed by atoms with Crippen molar-refractivity contribution < 1.29 is 16.6 Å². The molecular weight excluding hydrogens is 641 g/mol. The van der Waals surface area contributed by atoms with Crippen LogP contribution in [0.5, 0.6) is 0 Å². The van der Waals surface area contributed by atoms with E-state index in [1.807, 2.05) is 27.7 Å². The molecule has 8 N–H and O–H groups in total. The van der Waals surface area contributed by atoms with Crippen LogP contribution >= 0.6 is 0 Å². The molecular formula is C44H64N8. The van der Waals surface area contributed by atoms with Gasteiger partial charge in [-0.05, 0) is 203 Å². The Kier molecular flexibility index (Phi) is 6.09. The molecule has 0 aromatic carbocycles. The monoisotopic (exact) mass is 717 g/mol. The van der Waals surface area contributed by atoms with Crippen molar-refractivity contribution in [1.82, 2.24) is 41.2 Å². The van der Waals surface area contributed by atoms with Gasteiger partial charge < -0.3 is 41.2 Å². The zero-order chi connectivity index (χ0) is 46.0. The van der Waals surface area contributed by atoms with Crippen molar-refractivity contribution in [3.63, 3.8) is 0 Å². The zero-order valence-electron chi connectivity index (χ0n) is 43.4. The van der Waals surface area contributed by atoms with Gasteiger partial charge in [0.2, 0.25) is 0 Å². The molecule has 4 aromatic rings. The van der Waals surface area contributed by atoms with Crippen molar-refractivity contribution in [2.45, 2.75) is 101 Å². The molecule has 0 saturated carbocycles. The van der Waals surface area contributed by atoms with Gasteiger partial charge in [-0.1, -0.05) is 0 Å². The fraction of sp³-hybridized carbons (Fsp3) is 0.636. The predicted molar refractivity (Wildman–Crippen MR) is 211 cm³/mol. The van der Waals surface area contributed by atoms with Crippen molar-refractivity contribution in [3.8, 4) is 0 Å². The van der Waals surface area contributed by atoms with E-state index in [-0.39, 0.29) is 118 Å². The van der Waals surface area contributed by atoms with Crippen LogP contribution in [0.3, 0.4) is 0 Å². The Hall–Kier alpha value is -3.04. The molecule has 9 rings (SSSR count). The smallest absolute Gasteiger partial charge is 0.166 e. The van der Waals surface area contributed by atoms with Gasteiger partial charge >= 0.3 is 0 Å². The molecule has 4 saturated heterocycles. The first-order valence-corrected chi connectivity index (χ1v) is 20.0. The minimum atomic E-state index is -1.46. The van der Waals surface area contributed by atoms with E-state index >= 15 is 0 Å². The second-order valence-electron chi connectivity index (χ2n) is 17.1. The van der Waals surface area contributed by atoms with Crippen molar-refractivity contribution in [1.29, 1.82) is 0 Å². The van der Waals surface area contributed by atoms with E-state index in [2.05, 4.69) is 21.3 Å². The number of H-pyrrole nitrogens is 4. The molecule has 0 aliphatic carbocycles. The number of aromatic amines is 4. The largest absolute Gasteiger partial charge is 0.361 e. The lowest BCUT2D eigenvalue weighted by atomic mass is 9.67. The SMILES string of the molecule is [2H]c1c([2H])c2n([2H])c1C(C)(C1CCNCC1)c1c([2H])c([2H])c(n1[2H])C(C)(C1CCNCC1)c1c([2H])c([2H])c(n1[2H])C(C)(C1CCNCC1)c1c([2H])c([2H])c(n1[2H])C2(C)C1CCNCC1. The number of hydrogen-bond donors (Lipinski definition) is 8. The summed E-state index contributed by atoms with van der Waals surface area (Å²) in [4.78, 5) is 4.59. The van der Waals surface area contributed by atoms with E-state index in [1.165, 1.54) is 0 Å². The maximum atomic E-state index is 10.3. The van der Waals surface area contributed by atoms with Gasteiger partial charge in [0.15, 0.2) is 5.65 Å². The average molecular weight is 717 g/mol. The number of hydrogen-bond acceptors (Lipinski definition) is 4. The Morgan fingerprint density at radius 1 is 0.365 bits per heavy atom. The van der Waals surface area contributed by atoms with Gasteiger partial charge in [-0.15, -0.1) is 0 Å². The van der Waals surface area contributed by atoms with Crippen LogP contribution in [0, 0.1) is 23.7 Å². The van der Waals surface area contributed by atoms with Gasteiger partial charge in [0.1, 0.15) is 0 Å². The summed E-state index contributed by atoms with van der Waals surface area (Å²) in [5, 5.41) is 13.7. The van der Waals surface area contributed by atoms with Gasteiger partial charge in [0.25, 0.3) is 0 Å². The number of aromatic nitrogens is 4. The lowest BCUT2D eigenvalue weighted by molar-refractivity contribution is 0.240. The summed E-state index contributed by atoms with van der Waals surface area (Å²) < 4.78 is 121. The van der Waals surface area contributed by atoms with Crippen LogP contribution in [0.2, 0.25) is 5.65 Å². The summed E-state index contributed by atoms with van der Waals surface area (Å²) in [5.41, 5.74) is -5.06. The average Bonchev–Trinajstić information content (AvgIpc) is 3.87. The standard InChI is InChI=1S/C44H64N8/c1-41(29-13-21-45-22-14-29)33-5-7-35(49-33)42(2,30-15-23-46-24-16-30)37-9-11-39(51-37)44(4,32-19-27-48-28-20-32)40-12-10-38(52-40)43(3,31-17-25-47-26-18-31)36-8-6-34(41)50-36/h5-12,29-32,45-52H,13-28H2,1-4H3/i5D,6D,7D,8D,9D,10D,11D,12D/hD4. The second kappa shape index (κ2) is 13.4. The highest BCUT2D eigenvalue weighted by Crippen LogP contribution is 2.51. The fourth-order valence-electron chi connectivity index (χ4n) is 10.7. The van der Waals surface area contributed by atoms with Crippen LogP contribution in [-0.4, -0.2) is 72.3 Å². The van der Waals surface area contributed by atoms with Gasteiger partial charge in [-0.25, -0.2) is 0 Å². The Bertz CT molecular complexity index is 2010. The summed E-state index contributed by atoms with van der Waals surface area (Å²) in [6.45, 7) is 12.2. The maximum Gasteiger partial charge on any atom is 0.166 e. The van der Waals surface area contributed by atoms with Gasteiger partial charge in [0, 0.05) is 45.6 Å². The molecule has 4 fully saturated rings. The lowest BCUT2D eigenvalue weighted by Gasteiger charge is -2.43. The molecule has 52 heavy (non-hydrogen) atoms. The molecule has 0 atom stereocenters. The summed E-state index contributed by atoms with van der Waals surface area (Å²) >= 11 is 0. The van der Waals surface area contributed by atoms with E-state index in [0.29, 0.717) is 104 Å². The van der Waals surface area contributed by atoms with E-state index in [0.717, 1.165) is 19.9 Å². The van der Waals surface area contributed by atoms with Crippen LogP contribution < -0.4 is 21.3 Å². The third kappa shape index (κ3) is 5.29. The Morgan fingerprint density at radius 3 is 0.673 bits per heavy atom. The summed E-state index contributed by atoms with van der Waals surface area (Å²) in [6, 6.07) is -1.98. The number of fused-ring (bicyclic) bond motifs is 8. The quantitative estimate of drug-likeness (QED) is 0.123. The zero-order valence-corrected chi connectivity index (χ0v) is 31.4. The molecule has 4 aromatic heterocycles. The van der Waals surface area contributed by atoms with E-state index in [4.69, 9.17) is 0 Å². The Balaban J connectivity index is 1.51. The minimum Gasteiger partial charge on any atom is -0.361 e. The van der Waals surface area contributed by atoms with Crippen molar-refractivity contribution in [2.75, 3.05) is 52.4 Å². The third-order valence-electron chi connectivity index (χ3n) is 14.6. The molecule has 8 nitrogen and oxygen atoms in total. The molecule has 0 spiro atoms. The summed E-state index contributed by atoms with van der Waals surface area (Å²) in [7, 11) is 0. The summed E-state index contributed by atoms with van der Waals surface area (Å²) in [6.07, 6.45) is 4.44. The maximum absolute atomic E-state index is 10.3. The number of rotatable bonds is 4.